The zero-order chi connectivity index (χ0) is 49.2. The fourth-order valence-electron chi connectivity index (χ4n) is 8.82. The summed E-state index contributed by atoms with van der Waals surface area (Å²) >= 11 is 6.87. The minimum absolute atomic E-state index is 0. The summed E-state index contributed by atoms with van der Waals surface area (Å²) in [5, 5.41) is 0. The molecule has 0 saturated heterocycles. The lowest BCUT2D eigenvalue weighted by atomic mass is 10.1. The third-order valence-electron chi connectivity index (χ3n) is 9.34. The summed E-state index contributed by atoms with van der Waals surface area (Å²) in [5.41, 5.74) is 1.69. The Hall–Kier alpha value is -0.348. The van der Waals surface area contributed by atoms with E-state index in [1.165, 1.54) is 0 Å². The van der Waals surface area contributed by atoms with Gasteiger partial charge in [0, 0.05) is 13.1 Å². The average Bonchev–Trinajstić information content (AvgIpc) is 3.77. The first-order valence-electron chi connectivity index (χ1n) is 22.5. The van der Waals surface area contributed by atoms with Crippen LogP contribution in [-0.2, 0) is 34.3 Å². The van der Waals surface area contributed by atoms with Crippen molar-refractivity contribution >= 4 is 131 Å². The molecule has 2 aromatic heterocycles. The summed E-state index contributed by atoms with van der Waals surface area (Å²) < 4.78 is 51.5. The van der Waals surface area contributed by atoms with Crippen molar-refractivity contribution in [2.45, 2.75) is 177 Å². The highest BCUT2D eigenvalue weighted by Crippen LogP contribution is 2.48. The fourth-order valence-corrected chi connectivity index (χ4v) is 46.9. The number of hydrogen-bond acceptors (Lipinski definition) is 10. The highest BCUT2D eigenvalue weighted by molar-refractivity contribution is 9.10. The molecule has 66 heavy (non-hydrogen) atoms. The van der Waals surface area contributed by atoms with Gasteiger partial charge in [0.15, 0.2) is 71.5 Å². The van der Waals surface area contributed by atoms with E-state index in [4.69, 9.17) is 33.5 Å². The summed E-state index contributed by atoms with van der Waals surface area (Å²) in [5.74, 6) is 0.452. The average molecular weight is 1210 g/mol. The van der Waals surface area contributed by atoms with Crippen molar-refractivity contribution in [2.75, 3.05) is 13.1 Å². The molecule has 23 heteroatoms. The van der Waals surface area contributed by atoms with Gasteiger partial charge in [0.1, 0.15) is 11.4 Å². The van der Waals surface area contributed by atoms with Crippen LogP contribution in [0.2, 0.25) is 150 Å². The van der Waals surface area contributed by atoms with E-state index in [1.54, 1.807) is 34.1 Å². The third kappa shape index (κ3) is 20.4. The summed E-state index contributed by atoms with van der Waals surface area (Å²) in [7, 11) is -16.6. The molecule has 2 aliphatic rings. The SMILES string of the molecule is C.C.C[SiH](C)O[Si](C)(C)O[Si](C)(C)C.C[Si](C)(C)O[Si](C)(C)O[Si](C)(C)CCCN1C(=O)C2=C(c3ccc(Br)o3)N(CCC[Si](C)(C)O[Si](C)(C)O[Si](C)(C)C)C(=O)C2=C1c1ccc(Br)o1. The van der Waals surface area contributed by atoms with Crippen molar-refractivity contribution in [1.29, 1.82) is 0 Å². The van der Waals surface area contributed by atoms with E-state index >= 15 is 0 Å². The van der Waals surface area contributed by atoms with Crippen molar-refractivity contribution in [1.82, 2.24) is 9.80 Å². The molecule has 2 aliphatic heterocycles. The molecule has 4 rings (SSSR count). The third-order valence-corrected chi connectivity index (χ3v) is 39.1. The van der Waals surface area contributed by atoms with Crippen LogP contribution >= 0.6 is 31.9 Å². The minimum atomic E-state index is -2.32. The van der Waals surface area contributed by atoms with Gasteiger partial charge in [-0.2, -0.15) is 0 Å². The number of halogens is 2. The van der Waals surface area contributed by atoms with Gasteiger partial charge in [-0.1, -0.05) is 14.9 Å². The van der Waals surface area contributed by atoms with Crippen LogP contribution in [0.25, 0.3) is 11.4 Å². The second-order valence-electron chi connectivity index (χ2n) is 22.5. The van der Waals surface area contributed by atoms with Crippen LogP contribution in [0.15, 0.2) is 53.6 Å². The normalized spacial score (nSPS) is 15.7. The molecule has 2 amide bonds. The van der Waals surface area contributed by atoms with Crippen LogP contribution in [0, 0.1) is 0 Å². The lowest BCUT2D eigenvalue weighted by Gasteiger charge is -2.37. The maximum Gasteiger partial charge on any atom is 0.311 e. The van der Waals surface area contributed by atoms with Gasteiger partial charge < -0.3 is 43.3 Å². The van der Waals surface area contributed by atoms with Gasteiger partial charge in [-0.15, -0.1) is 0 Å². The largest absolute Gasteiger partial charge is 0.448 e. The number of rotatable bonds is 22. The molecule has 4 heterocycles. The highest BCUT2D eigenvalue weighted by Gasteiger charge is 2.51. The Morgan fingerprint density at radius 3 is 1.06 bits per heavy atom. The van der Waals surface area contributed by atoms with Gasteiger partial charge >= 0.3 is 25.7 Å². The molecule has 0 spiro atoms. The summed E-state index contributed by atoms with van der Waals surface area (Å²) in [6.07, 6.45) is 1.41. The number of fused-ring (bicyclic) bond motifs is 1. The molecule has 0 aliphatic carbocycles. The molecule has 0 radical (unpaired) electrons. The number of nitrogens with zero attached hydrogens (tertiary/aromatic N) is 2. The van der Waals surface area contributed by atoms with Crippen LogP contribution in [0.4, 0.5) is 0 Å². The van der Waals surface area contributed by atoms with E-state index in [9.17, 15) is 9.59 Å². The van der Waals surface area contributed by atoms with Crippen LogP contribution < -0.4 is 0 Å². The molecule has 0 atom stereocenters. The molecule has 0 fully saturated rings. The number of furan rings is 2. The van der Waals surface area contributed by atoms with Crippen molar-refractivity contribution in [2.24, 2.45) is 0 Å². The van der Waals surface area contributed by atoms with Crippen LogP contribution in [0.1, 0.15) is 39.2 Å². The zero-order valence-corrected chi connectivity index (χ0v) is 55.2. The number of carbonyl (C=O) groups excluding carboxylic acids is 2. The first-order chi connectivity index (χ1) is 28.7. The zero-order valence-electron chi connectivity index (χ0n) is 42.9. The lowest BCUT2D eigenvalue weighted by Crippen LogP contribution is -2.51. The van der Waals surface area contributed by atoms with E-state index < -0.39 is 76.3 Å². The van der Waals surface area contributed by atoms with Crippen LogP contribution in [-0.4, -0.2) is 111 Å². The molecule has 0 unspecified atom stereocenters. The summed E-state index contributed by atoms with van der Waals surface area (Å²) in [4.78, 5) is 32.6. The summed E-state index contributed by atoms with van der Waals surface area (Å²) in [6.45, 7) is 46.7. The van der Waals surface area contributed by atoms with Crippen LogP contribution in [0.3, 0.4) is 0 Å². The number of amides is 2. The Kier molecular flexibility index (Phi) is 23.1. The molecule has 0 aromatic carbocycles. The molecule has 0 saturated carbocycles. The monoisotopic (exact) mass is 1200 g/mol. The predicted octanol–water partition coefficient (Wildman–Crippen LogP) is 14.3. The topological polar surface area (TPSA) is 122 Å². The van der Waals surface area contributed by atoms with E-state index in [-0.39, 0.29) is 26.7 Å². The Bertz CT molecular complexity index is 1890. The second kappa shape index (κ2) is 23.9. The van der Waals surface area contributed by atoms with Crippen molar-refractivity contribution in [3.8, 4) is 0 Å². The van der Waals surface area contributed by atoms with E-state index in [2.05, 4.69) is 169 Å². The van der Waals surface area contributed by atoms with E-state index in [0.717, 1.165) is 12.1 Å². The first-order valence-corrected chi connectivity index (χ1v) is 51.8. The highest BCUT2D eigenvalue weighted by atomic mass is 79.9. The van der Waals surface area contributed by atoms with Gasteiger partial charge in [0.25, 0.3) is 11.8 Å². The molecular weight excluding hydrogens is 1120 g/mol. The maximum atomic E-state index is 14.6. The molecule has 0 N–H and O–H groups in total. The van der Waals surface area contributed by atoms with Crippen molar-refractivity contribution in [3.63, 3.8) is 0 Å². The van der Waals surface area contributed by atoms with Gasteiger partial charge in [-0.3, -0.25) is 9.59 Å². The molecule has 380 valence electrons. The molecule has 2 aromatic rings. The van der Waals surface area contributed by atoms with E-state index in [0.29, 0.717) is 69.3 Å². The Morgan fingerprint density at radius 1 is 0.500 bits per heavy atom. The van der Waals surface area contributed by atoms with Gasteiger partial charge in [0.05, 0.1) is 11.1 Å². The second-order valence-corrected chi connectivity index (χ2v) is 60.3. The molecular formula is C43H88Br2N2O10Si9. The van der Waals surface area contributed by atoms with Crippen molar-refractivity contribution in [3.05, 3.63) is 56.3 Å². The smallest absolute Gasteiger partial charge is 0.311 e. The molecule has 0 bridgehead atoms. The van der Waals surface area contributed by atoms with E-state index in [1.807, 2.05) is 0 Å². The van der Waals surface area contributed by atoms with Crippen LogP contribution in [0.5, 0.6) is 0 Å². The predicted molar refractivity (Wildman–Crippen MR) is 305 cm³/mol. The van der Waals surface area contributed by atoms with Gasteiger partial charge in [0.2, 0.25) is 0 Å². The Morgan fingerprint density at radius 2 is 0.803 bits per heavy atom. The Labute approximate surface area is 427 Å². The maximum absolute atomic E-state index is 14.6. The summed E-state index contributed by atoms with van der Waals surface area (Å²) in [6, 6.07) is 8.83. The standard InChI is InChI=1S/C34H58Br2N2O8Si6.C7H22O2Si3.2CH4/c1-47(2,3)43-51(11,12)45-49(7,8)23-15-21-37-31(25-17-19-27(35)41-25)29-30(33(37)39)32(26-18-20-28(36)42-26)38(34(29)40)22-16-24-50(9,10)46-52(13,14)44-48(4,5)6;1-10(2)8-12(6,7)9-11(3,4)5;;/h17-20H,15-16,21-24H2,1-14H3;10H,1-7H3;2*1H4. The number of hydrogen-bond donors (Lipinski definition) is 0. The van der Waals surface area contributed by atoms with Gasteiger partial charge in [-0.25, -0.2) is 0 Å². The quantitative estimate of drug-likeness (QED) is 0.105. The minimum Gasteiger partial charge on any atom is -0.448 e. The van der Waals surface area contributed by atoms with Crippen molar-refractivity contribution < 1.29 is 43.1 Å². The van der Waals surface area contributed by atoms with Gasteiger partial charge in [-0.05, 0) is 219 Å². The number of carbonyl (C=O) groups is 2. The first kappa shape index (κ1) is 63.7. The molecule has 12 nitrogen and oxygen atoms in total. The Balaban J connectivity index is 0.00000136. The fraction of sp³-hybridized carbons (Fsp3) is 0.674. The lowest BCUT2D eigenvalue weighted by molar-refractivity contribution is -0.124.